The molecule has 0 saturated heterocycles. The minimum Gasteiger partial charge on any atom is -0.357 e. The molecule has 0 saturated carbocycles. The quantitative estimate of drug-likeness (QED) is 0.213. The Morgan fingerprint density at radius 2 is 1.55 bits per heavy atom. The van der Waals surface area contributed by atoms with Gasteiger partial charge in [-0.3, -0.25) is 13.9 Å². The second kappa shape index (κ2) is 14.0. The number of hydrogen-bond acceptors (Lipinski definition) is 4. The van der Waals surface area contributed by atoms with Crippen LogP contribution in [0.3, 0.4) is 0 Å². The van der Waals surface area contributed by atoms with E-state index in [0.29, 0.717) is 10.7 Å². The fourth-order valence-corrected chi connectivity index (χ4v) is 6.35. The number of anilines is 1. The Morgan fingerprint density at radius 3 is 2.17 bits per heavy atom. The molecule has 0 bridgehead atoms. The molecule has 0 unspecified atom stereocenters. The Bertz CT molecular complexity index is 1630. The topological polar surface area (TPSA) is 86.8 Å². The minimum atomic E-state index is -4.18. The van der Waals surface area contributed by atoms with E-state index in [1.807, 2.05) is 67.6 Å². The minimum absolute atomic E-state index is 0.00666. The summed E-state index contributed by atoms with van der Waals surface area (Å²) < 4.78 is 29.9. The number of sulfonamides is 1. The Morgan fingerprint density at radius 1 is 0.881 bits per heavy atom. The van der Waals surface area contributed by atoms with Crippen molar-refractivity contribution in [2.75, 3.05) is 17.9 Å². The van der Waals surface area contributed by atoms with Crippen molar-refractivity contribution in [1.29, 1.82) is 0 Å². The first-order valence-corrected chi connectivity index (χ1v) is 15.8. The van der Waals surface area contributed by atoms with Crippen molar-refractivity contribution in [2.45, 2.75) is 30.8 Å². The van der Waals surface area contributed by atoms with Crippen LogP contribution in [0.1, 0.15) is 16.7 Å². The molecule has 0 aromatic heterocycles. The Labute approximate surface area is 260 Å². The molecule has 0 aliphatic rings. The molecule has 42 heavy (non-hydrogen) atoms. The van der Waals surface area contributed by atoms with Crippen LogP contribution < -0.4 is 9.62 Å². The third-order valence-electron chi connectivity index (χ3n) is 6.75. The summed E-state index contributed by atoms with van der Waals surface area (Å²) in [6.45, 7) is 1.42. The second-order valence-corrected chi connectivity index (χ2v) is 13.0. The molecule has 1 atom stereocenters. The summed E-state index contributed by atoms with van der Waals surface area (Å²) >= 11 is 9.46. The van der Waals surface area contributed by atoms with Crippen molar-refractivity contribution in [2.24, 2.45) is 0 Å². The number of hydrogen-bond donors (Lipinski definition) is 1. The summed E-state index contributed by atoms with van der Waals surface area (Å²) in [5.74, 6) is -0.881. The van der Waals surface area contributed by atoms with Crippen LogP contribution in [0.25, 0.3) is 0 Å². The van der Waals surface area contributed by atoms with E-state index >= 15 is 0 Å². The number of nitrogens with zero attached hydrogens (tertiary/aromatic N) is 2. The largest absolute Gasteiger partial charge is 0.357 e. The summed E-state index contributed by atoms with van der Waals surface area (Å²) in [7, 11) is -2.66. The first-order valence-electron chi connectivity index (χ1n) is 13.2. The van der Waals surface area contributed by atoms with Crippen LogP contribution in [-0.4, -0.2) is 44.8 Å². The monoisotopic (exact) mass is 667 g/mol. The zero-order chi connectivity index (χ0) is 30.3. The summed E-state index contributed by atoms with van der Waals surface area (Å²) in [5, 5.41) is 3.08. The van der Waals surface area contributed by atoms with Crippen molar-refractivity contribution < 1.29 is 18.0 Å². The smallest absolute Gasteiger partial charge is 0.264 e. The molecule has 0 aliphatic heterocycles. The van der Waals surface area contributed by atoms with Crippen LogP contribution >= 0.6 is 27.5 Å². The molecule has 0 radical (unpaired) electrons. The Kier molecular flexibility index (Phi) is 10.4. The fraction of sp³-hybridized carbons (Fsp3) is 0.188. The van der Waals surface area contributed by atoms with Gasteiger partial charge in [0.15, 0.2) is 0 Å². The van der Waals surface area contributed by atoms with E-state index in [1.165, 1.54) is 36.2 Å². The maximum Gasteiger partial charge on any atom is 0.264 e. The van der Waals surface area contributed by atoms with Gasteiger partial charge < -0.3 is 10.2 Å². The number of carbonyl (C=O) groups excluding carboxylic acids is 2. The number of nitrogens with one attached hydrogen (secondary N) is 1. The van der Waals surface area contributed by atoms with Crippen molar-refractivity contribution in [1.82, 2.24) is 10.2 Å². The molecule has 218 valence electrons. The molecule has 4 aromatic rings. The lowest BCUT2D eigenvalue weighted by Gasteiger charge is -2.33. The van der Waals surface area contributed by atoms with E-state index < -0.39 is 28.5 Å². The third kappa shape index (κ3) is 7.79. The summed E-state index contributed by atoms with van der Waals surface area (Å²) in [5.41, 5.74) is 2.82. The van der Waals surface area contributed by atoms with Crippen molar-refractivity contribution in [3.05, 3.63) is 129 Å². The van der Waals surface area contributed by atoms with Gasteiger partial charge in [0.05, 0.1) is 10.6 Å². The normalized spacial score (nSPS) is 11.9. The second-order valence-electron chi connectivity index (χ2n) is 9.77. The molecule has 0 aliphatic carbocycles. The molecule has 2 amide bonds. The third-order valence-corrected chi connectivity index (χ3v) is 9.32. The average Bonchev–Trinajstić information content (AvgIpc) is 2.98. The molecule has 4 rings (SSSR count). The molecule has 0 fully saturated rings. The van der Waals surface area contributed by atoms with Gasteiger partial charge in [-0.2, -0.15) is 0 Å². The summed E-state index contributed by atoms with van der Waals surface area (Å²) in [6, 6.07) is 28.7. The molecular formula is C32H31BrClN3O4S. The molecule has 0 heterocycles. The van der Waals surface area contributed by atoms with Crippen LogP contribution in [0.4, 0.5) is 5.69 Å². The van der Waals surface area contributed by atoms with Gasteiger partial charge >= 0.3 is 0 Å². The molecule has 7 nitrogen and oxygen atoms in total. The molecule has 4 aromatic carbocycles. The van der Waals surface area contributed by atoms with E-state index in [0.717, 1.165) is 25.5 Å². The number of benzene rings is 4. The molecule has 10 heteroatoms. The fourth-order valence-electron chi connectivity index (χ4n) is 4.55. The Hall–Kier alpha value is -3.66. The van der Waals surface area contributed by atoms with Gasteiger partial charge in [0, 0.05) is 29.5 Å². The van der Waals surface area contributed by atoms with Crippen LogP contribution in [0, 0.1) is 6.92 Å². The summed E-state index contributed by atoms with van der Waals surface area (Å²) in [6.07, 6.45) is 0.247. The number of halogens is 2. The van der Waals surface area contributed by atoms with Gasteiger partial charge in [0.2, 0.25) is 11.8 Å². The van der Waals surface area contributed by atoms with Crippen molar-refractivity contribution in [3.8, 4) is 0 Å². The number of likely N-dealkylation sites (N-methyl/N-ethyl adjacent to an activating group) is 1. The van der Waals surface area contributed by atoms with E-state index in [-0.39, 0.29) is 23.8 Å². The predicted molar refractivity (Wildman–Crippen MR) is 170 cm³/mol. The molecule has 0 spiro atoms. The van der Waals surface area contributed by atoms with Crippen LogP contribution in [0.2, 0.25) is 5.02 Å². The highest BCUT2D eigenvalue weighted by molar-refractivity contribution is 9.10. The highest BCUT2D eigenvalue weighted by Crippen LogP contribution is 2.27. The van der Waals surface area contributed by atoms with Crippen LogP contribution in [0.5, 0.6) is 0 Å². The Balaban J connectivity index is 1.78. The summed E-state index contributed by atoms with van der Waals surface area (Å²) in [4.78, 5) is 29.0. The van der Waals surface area contributed by atoms with Crippen LogP contribution in [0.15, 0.2) is 112 Å². The standard InChI is InChI=1S/C32H31BrClN3O4S/c1-23-7-6-10-28(19-23)37(42(40,41)29-17-15-27(34)16-18-29)22-31(38)36(21-25-11-13-26(33)14-12-25)30(32(39)35-2)20-24-8-4-3-5-9-24/h3-19,30H,20-22H2,1-2H3,(H,35,39)/t30-/m0/s1. The number of amides is 2. The van der Waals surface area contributed by atoms with Gasteiger partial charge in [-0.1, -0.05) is 82.1 Å². The number of carbonyl (C=O) groups is 2. The highest BCUT2D eigenvalue weighted by atomic mass is 79.9. The first-order chi connectivity index (χ1) is 20.1. The maximum absolute atomic E-state index is 14.3. The van der Waals surface area contributed by atoms with Gasteiger partial charge in [-0.05, 0) is 72.1 Å². The highest BCUT2D eigenvalue weighted by Gasteiger charge is 2.34. The zero-order valence-electron chi connectivity index (χ0n) is 23.2. The van der Waals surface area contributed by atoms with E-state index in [2.05, 4.69) is 21.2 Å². The van der Waals surface area contributed by atoms with Gasteiger partial charge in [0.25, 0.3) is 10.0 Å². The lowest BCUT2D eigenvalue weighted by atomic mass is 10.0. The van der Waals surface area contributed by atoms with Crippen LogP contribution in [-0.2, 0) is 32.6 Å². The molecular weight excluding hydrogens is 638 g/mol. The first kappa shape index (κ1) is 31.3. The number of aryl methyl sites for hydroxylation is 1. The lowest BCUT2D eigenvalue weighted by Crippen LogP contribution is -2.53. The van der Waals surface area contributed by atoms with Gasteiger partial charge in [-0.15, -0.1) is 0 Å². The predicted octanol–water partition coefficient (Wildman–Crippen LogP) is 5.99. The van der Waals surface area contributed by atoms with E-state index in [1.54, 1.807) is 18.2 Å². The van der Waals surface area contributed by atoms with Gasteiger partial charge in [0.1, 0.15) is 12.6 Å². The van der Waals surface area contributed by atoms with Crippen molar-refractivity contribution in [3.63, 3.8) is 0 Å². The number of rotatable bonds is 11. The lowest BCUT2D eigenvalue weighted by molar-refractivity contribution is -0.139. The average molecular weight is 669 g/mol. The molecule has 1 N–H and O–H groups in total. The van der Waals surface area contributed by atoms with E-state index in [4.69, 9.17) is 11.6 Å². The van der Waals surface area contributed by atoms with Crippen molar-refractivity contribution >= 4 is 55.1 Å². The SMILES string of the molecule is CNC(=O)[C@H](Cc1ccccc1)N(Cc1ccc(Br)cc1)C(=O)CN(c1cccc(C)c1)S(=O)(=O)c1ccc(Cl)cc1. The van der Waals surface area contributed by atoms with Gasteiger partial charge in [-0.25, -0.2) is 8.42 Å². The van der Waals surface area contributed by atoms with E-state index in [9.17, 15) is 18.0 Å². The maximum atomic E-state index is 14.3. The zero-order valence-corrected chi connectivity index (χ0v) is 26.4.